The van der Waals surface area contributed by atoms with Crippen molar-refractivity contribution in [3.63, 3.8) is 0 Å². The highest BCUT2D eigenvalue weighted by Crippen LogP contribution is 2.28. The Balaban J connectivity index is 2.33. The van der Waals surface area contributed by atoms with Gasteiger partial charge in [0.25, 0.3) is 11.6 Å². The number of aryl methyl sites for hydroxylation is 1. The molecule has 21 heavy (non-hydrogen) atoms. The van der Waals surface area contributed by atoms with Gasteiger partial charge < -0.3 is 10.4 Å². The first kappa shape index (κ1) is 15.0. The number of phenolic OH excluding ortho intramolecular Hbond substituents is 1. The first-order valence-corrected chi connectivity index (χ1v) is 6.73. The minimum atomic E-state index is -0.610. The second-order valence-electron chi connectivity index (χ2n) is 4.07. The molecule has 0 aliphatic heterocycles. The van der Waals surface area contributed by atoms with Gasteiger partial charge in [-0.05, 0) is 28.9 Å². The van der Waals surface area contributed by atoms with Crippen LogP contribution in [0.25, 0.3) is 0 Å². The Morgan fingerprint density at radius 3 is 2.90 bits per heavy atom. The Kier molecular flexibility index (Phi) is 4.22. The van der Waals surface area contributed by atoms with Gasteiger partial charge >= 0.3 is 0 Å². The number of aromatic hydroxyl groups is 1. The van der Waals surface area contributed by atoms with Crippen molar-refractivity contribution in [3.05, 3.63) is 44.7 Å². The Morgan fingerprint density at radius 1 is 1.57 bits per heavy atom. The lowest BCUT2D eigenvalue weighted by atomic mass is 10.2. The van der Waals surface area contributed by atoms with E-state index >= 15 is 0 Å². The number of nitro benzene ring substituents is 1. The minimum absolute atomic E-state index is 0.0371. The summed E-state index contributed by atoms with van der Waals surface area (Å²) >= 11 is 3.21. The van der Waals surface area contributed by atoms with Gasteiger partial charge in [0.15, 0.2) is 0 Å². The van der Waals surface area contributed by atoms with Gasteiger partial charge in [-0.25, -0.2) is 0 Å². The van der Waals surface area contributed by atoms with E-state index in [1.165, 1.54) is 10.9 Å². The SMILES string of the molecule is CCn1ncc(Br)c1C(=O)Nc1cc([N+](=O)[O-])ccc1O. The lowest BCUT2D eigenvalue weighted by molar-refractivity contribution is -0.384. The molecule has 0 bridgehead atoms. The van der Waals surface area contributed by atoms with E-state index in [1.807, 2.05) is 6.92 Å². The normalized spacial score (nSPS) is 10.4. The van der Waals surface area contributed by atoms with Crippen LogP contribution in [0.4, 0.5) is 11.4 Å². The van der Waals surface area contributed by atoms with Crippen molar-refractivity contribution in [1.29, 1.82) is 0 Å². The average molecular weight is 355 g/mol. The number of carbonyl (C=O) groups excluding carboxylic acids is 1. The molecular weight excluding hydrogens is 344 g/mol. The number of aromatic nitrogens is 2. The Bertz CT molecular complexity index is 713. The Labute approximate surface area is 127 Å². The predicted molar refractivity (Wildman–Crippen MR) is 78.3 cm³/mol. The van der Waals surface area contributed by atoms with Gasteiger partial charge in [0.1, 0.15) is 11.4 Å². The van der Waals surface area contributed by atoms with Gasteiger partial charge in [-0.1, -0.05) is 0 Å². The van der Waals surface area contributed by atoms with Crippen LogP contribution in [0, 0.1) is 10.1 Å². The largest absolute Gasteiger partial charge is 0.506 e. The van der Waals surface area contributed by atoms with E-state index < -0.39 is 10.8 Å². The van der Waals surface area contributed by atoms with Crippen LogP contribution >= 0.6 is 15.9 Å². The molecule has 0 aliphatic carbocycles. The van der Waals surface area contributed by atoms with Crippen LogP contribution in [0.15, 0.2) is 28.9 Å². The predicted octanol–water partition coefficient (Wildman–Crippen LogP) is 2.53. The summed E-state index contributed by atoms with van der Waals surface area (Å²) in [5.74, 6) is -0.787. The summed E-state index contributed by atoms with van der Waals surface area (Å²) in [6.45, 7) is 2.30. The van der Waals surface area contributed by atoms with Crippen LogP contribution in [0.5, 0.6) is 5.75 Å². The fraction of sp³-hybridized carbons (Fsp3) is 0.167. The molecule has 0 saturated carbocycles. The molecule has 0 unspecified atom stereocenters. The van der Waals surface area contributed by atoms with Crippen LogP contribution in [-0.4, -0.2) is 25.7 Å². The molecule has 9 heteroatoms. The number of hydrogen-bond acceptors (Lipinski definition) is 5. The molecule has 110 valence electrons. The zero-order valence-corrected chi connectivity index (χ0v) is 12.5. The summed E-state index contributed by atoms with van der Waals surface area (Å²) < 4.78 is 1.96. The molecule has 2 rings (SSSR count). The van der Waals surface area contributed by atoms with Crippen LogP contribution in [0.1, 0.15) is 17.4 Å². The van der Waals surface area contributed by atoms with Crippen molar-refractivity contribution in [2.45, 2.75) is 13.5 Å². The molecule has 1 aromatic carbocycles. The molecule has 1 heterocycles. The lowest BCUT2D eigenvalue weighted by Gasteiger charge is -2.08. The maximum atomic E-state index is 12.2. The van der Waals surface area contributed by atoms with Crippen LogP contribution in [0.3, 0.4) is 0 Å². The van der Waals surface area contributed by atoms with E-state index in [0.717, 1.165) is 18.2 Å². The number of phenols is 1. The number of anilines is 1. The number of non-ortho nitro benzene ring substituents is 1. The number of nitro groups is 1. The fourth-order valence-electron chi connectivity index (χ4n) is 1.75. The first-order chi connectivity index (χ1) is 9.93. The zero-order valence-electron chi connectivity index (χ0n) is 10.9. The molecule has 8 nitrogen and oxygen atoms in total. The quantitative estimate of drug-likeness (QED) is 0.497. The number of nitrogens with zero attached hydrogens (tertiary/aromatic N) is 3. The zero-order chi connectivity index (χ0) is 15.6. The monoisotopic (exact) mass is 354 g/mol. The van der Waals surface area contributed by atoms with E-state index in [-0.39, 0.29) is 22.8 Å². The molecule has 0 aliphatic rings. The van der Waals surface area contributed by atoms with Crippen molar-refractivity contribution < 1.29 is 14.8 Å². The van der Waals surface area contributed by atoms with Crippen LogP contribution in [0.2, 0.25) is 0 Å². The molecule has 0 atom stereocenters. The van der Waals surface area contributed by atoms with Gasteiger partial charge in [-0.2, -0.15) is 5.10 Å². The van der Waals surface area contributed by atoms with Crippen LogP contribution < -0.4 is 5.32 Å². The van der Waals surface area contributed by atoms with Gasteiger partial charge in [0, 0.05) is 18.7 Å². The number of hydrogen-bond donors (Lipinski definition) is 2. The van der Waals surface area contributed by atoms with E-state index in [2.05, 4.69) is 26.3 Å². The van der Waals surface area contributed by atoms with Gasteiger partial charge in [-0.3, -0.25) is 19.6 Å². The molecule has 2 aromatic rings. The molecule has 2 N–H and O–H groups in total. The van der Waals surface area contributed by atoms with E-state index in [0.29, 0.717) is 11.0 Å². The summed E-state index contributed by atoms with van der Waals surface area (Å²) in [5.41, 5.74) is -0.000441. The second-order valence-corrected chi connectivity index (χ2v) is 4.92. The van der Waals surface area contributed by atoms with Gasteiger partial charge in [0.05, 0.1) is 21.3 Å². The summed E-state index contributed by atoms with van der Waals surface area (Å²) in [6, 6.07) is 3.39. The van der Waals surface area contributed by atoms with Gasteiger partial charge in [-0.15, -0.1) is 0 Å². The third-order valence-corrected chi connectivity index (χ3v) is 3.33. The van der Waals surface area contributed by atoms with Crippen LogP contribution in [-0.2, 0) is 6.54 Å². The maximum Gasteiger partial charge on any atom is 0.275 e. The molecular formula is C12H11BrN4O4. The van der Waals surface area contributed by atoms with Crippen molar-refractivity contribution in [1.82, 2.24) is 9.78 Å². The maximum absolute atomic E-state index is 12.2. The van der Waals surface area contributed by atoms with Crippen molar-refractivity contribution >= 4 is 33.2 Å². The van der Waals surface area contributed by atoms with Gasteiger partial charge in [0.2, 0.25) is 0 Å². The molecule has 1 aromatic heterocycles. The highest BCUT2D eigenvalue weighted by molar-refractivity contribution is 9.10. The standard InChI is InChI=1S/C12H11BrN4O4/c1-2-16-11(8(13)6-14-16)12(19)15-9-5-7(17(20)21)3-4-10(9)18/h3-6,18H,2H2,1H3,(H,15,19). The number of amides is 1. The van der Waals surface area contributed by atoms with Crippen molar-refractivity contribution in [3.8, 4) is 5.75 Å². The molecule has 0 saturated heterocycles. The smallest absolute Gasteiger partial charge is 0.275 e. The summed E-state index contributed by atoms with van der Waals surface area (Å²) in [6.07, 6.45) is 1.48. The van der Waals surface area contributed by atoms with Crippen molar-refractivity contribution in [2.24, 2.45) is 0 Å². The number of rotatable bonds is 4. The number of benzene rings is 1. The molecule has 1 amide bonds. The summed E-state index contributed by atoms with van der Waals surface area (Å²) in [7, 11) is 0. The third kappa shape index (κ3) is 3.02. The number of nitrogens with one attached hydrogen (secondary N) is 1. The number of halogens is 1. The highest BCUT2D eigenvalue weighted by atomic mass is 79.9. The van der Waals surface area contributed by atoms with E-state index in [4.69, 9.17) is 0 Å². The Morgan fingerprint density at radius 2 is 2.29 bits per heavy atom. The van der Waals surface area contributed by atoms with E-state index in [9.17, 15) is 20.0 Å². The average Bonchev–Trinajstić information content (AvgIpc) is 2.82. The fourth-order valence-corrected chi connectivity index (χ4v) is 2.22. The summed E-state index contributed by atoms with van der Waals surface area (Å²) in [5, 5.41) is 26.9. The molecule has 0 spiro atoms. The van der Waals surface area contributed by atoms with E-state index in [1.54, 1.807) is 0 Å². The first-order valence-electron chi connectivity index (χ1n) is 5.94. The summed E-state index contributed by atoms with van der Waals surface area (Å²) in [4.78, 5) is 22.3. The topological polar surface area (TPSA) is 110 Å². The Hall–Kier alpha value is -2.42. The number of carbonyl (C=O) groups is 1. The minimum Gasteiger partial charge on any atom is -0.506 e. The highest BCUT2D eigenvalue weighted by Gasteiger charge is 2.19. The second kappa shape index (κ2) is 5.92. The molecule has 0 radical (unpaired) electrons. The molecule has 0 fully saturated rings. The lowest BCUT2D eigenvalue weighted by Crippen LogP contribution is -2.18. The van der Waals surface area contributed by atoms with Crippen molar-refractivity contribution in [2.75, 3.05) is 5.32 Å². The third-order valence-electron chi connectivity index (χ3n) is 2.75.